The second-order valence-electron chi connectivity index (χ2n) is 7.66. The number of ether oxygens (including phenoxy) is 1. The first-order chi connectivity index (χ1) is 17.2. The molecule has 0 aliphatic carbocycles. The molecular formula is C24H23F3N6O3. The lowest BCUT2D eigenvalue weighted by atomic mass is 10.0. The number of nitrogens with one attached hydrogen (secondary N) is 3. The van der Waals surface area contributed by atoms with Crippen LogP contribution in [0.4, 0.5) is 13.2 Å². The molecule has 3 aromatic rings. The van der Waals surface area contributed by atoms with Gasteiger partial charge in [-0.1, -0.05) is 31.2 Å². The molecule has 0 radical (unpaired) electrons. The molecule has 9 nitrogen and oxygen atoms in total. The highest BCUT2D eigenvalue weighted by molar-refractivity contribution is 5.97. The molecular weight excluding hydrogens is 477 g/mol. The zero-order valence-electron chi connectivity index (χ0n) is 19.4. The topological polar surface area (TPSA) is 133 Å². The van der Waals surface area contributed by atoms with Crippen LogP contribution in [0.5, 0.6) is 5.75 Å². The number of aromatic amines is 1. The summed E-state index contributed by atoms with van der Waals surface area (Å²) >= 11 is 0. The monoisotopic (exact) mass is 500 g/mol. The molecule has 1 atom stereocenters. The van der Waals surface area contributed by atoms with Crippen LogP contribution in [0.3, 0.4) is 0 Å². The lowest BCUT2D eigenvalue weighted by Gasteiger charge is -2.12. The maximum Gasteiger partial charge on any atom is 0.416 e. The lowest BCUT2D eigenvalue weighted by Crippen LogP contribution is -2.28. The number of H-pyrrole nitrogens is 1. The van der Waals surface area contributed by atoms with Crippen molar-refractivity contribution in [3.8, 4) is 11.8 Å². The number of hydrogen-bond donors (Lipinski definition) is 3. The first kappa shape index (κ1) is 26.2. The molecule has 1 heterocycles. The van der Waals surface area contributed by atoms with Crippen LogP contribution >= 0.6 is 0 Å². The van der Waals surface area contributed by atoms with E-state index in [-0.39, 0.29) is 30.1 Å². The maximum atomic E-state index is 12.9. The minimum absolute atomic E-state index is 0.0577. The summed E-state index contributed by atoms with van der Waals surface area (Å²) in [6.45, 7) is 2.07. The number of carbonyl (C=O) groups is 2. The first-order valence-electron chi connectivity index (χ1n) is 10.9. The highest BCUT2D eigenvalue weighted by atomic mass is 19.4. The predicted octanol–water partition coefficient (Wildman–Crippen LogP) is 3.36. The van der Waals surface area contributed by atoms with Crippen molar-refractivity contribution in [3.63, 3.8) is 0 Å². The fourth-order valence-corrected chi connectivity index (χ4v) is 3.29. The summed E-state index contributed by atoms with van der Waals surface area (Å²) in [5.74, 6) is -1.38. The van der Waals surface area contributed by atoms with E-state index in [1.54, 1.807) is 12.1 Å². The average molecular weight is 500 g/mol. The van der Waals surface area contributed by atoms with Gasteiger partial charge in [0, 0.05) is 13.0 Å². The van der Waals surface area contributed by atoms with E-state index in [0.717, 1.165) is 30.2 Å². The van der Waals surface area contributed by atoms with Gasteiger partial charge in [-0.2, -0.15) is 18.4 Å². The fourth-order valence-electron chi connectivity index (χ4n) is 3.29. The average Bonchev–Trinajstić information content (AvgIpc) is 3.35. The minimum atomic E-state index is -4.56. The van der Waals surface area contributed by atoms with Crippen molar-refractivity contribution in [2.24, 2.45) is 0 Å². The van der Waals surface area contributed by atoms with Crippen molar-refractivity contribution in [2.75, 3.05) is 13.7 Å². The summed E-state index contributed by atoms with van der Waals surface area (Å²) in [7, 11) is 1.17. The Morgan fingerprint density at radius 1 is 1.17 bits per heavy atom. The van der Waals surface area contributed by atoms with Crippen molar-refractivity contribution in [1.29, 1.82) is 5.26 Å². The molecule has 3 N–H and O–H groups in total. The third kappa shape index (κ3) is 6.38. The SMILES string of the molecule is CCc1ccc(C(C#N)NC(=O)c2n[nH]c(CCNC(=O)c3ccc(C(F)(F)F)cc3OC)n2)cc1. The van der Waals surface area contributed by atoms with Gasteiger partial charge in [0.2, 0.25) is 5.82 Å². The number of halogens is 3. The molecule has 0 fully saturated rings. The maximum absolute atomic E-state index is 12.9. The Kier molecular flexibility index (Phi) is 8.26. The molecule has 2 amide bonds. The van der Waals surface area contributed by atoms with E-state index < -0.39 is 29.6 Å². The highest BCUT2D eigenvalue weighted by Gasteiger charge is 2.31. The van der Waals surface area contributed by atoms with Crippen molar-refractivity contribution in [1.82, 2.24) is 25.8 Å². The standard InChI is InChI=1S/C24H23F3N6O3/c1-3-14-4-6-15(7-5-14)18(13-28)30-23(35)21-31-20(32-33-21)10-11-29-22(34)17-9-8-16(24(25,26)27)12-19(17)36-2/h4-9,12,18H,3,10-11H2,1-2H3,(H,29,34)(H,30,35)(H,31,32,33). The third-order valence-electron chi connectivity index (χ3n) is 5.28. The minimum Gasteiger partial charge on any atom is -0.496 e. The molecule has 0 aliphatic heterocycles. The van der Waals surface area contributed by atoms with E-state index in [1.807, 2.05) is 25.1 Å². The van der Waals surface area contributed by atoms with E-state index >= 15 is 0 Å². The van der Waals surface area contributed by atoms with Crippen LogP contribution in [-0.4, -0.2) is 40.7 Å². The van der Waals surface area contributed by atoms with Crippen LogP contribution in [0.1, 0.15) is 56.5 Å². The zero-order chi connectivity index (χ0) is 26.3. The van der Waals surface area contributed by atoms with Crippen molar-refractivity contribution >= 4 is 11.8 Å². The molecule has 0 aliphatic rings. The van der Waals surface area contributed by atoms with Crippen molar-refractivity contribution < 1.29 is 27.5 Å². The van der Waals surface area contributed by atoms with Gasteiger partial charge in [0.15, 0.2) is 0 Å². The van der Waals surface area contributed by atoms with E-state index in [9.17, 15) is 28.0 Å². The number of methoxy groups -OCH3 is 1. The van der Waals surface area contributed by atoms with Gasteiger partial charge < -0.3 is 15.4 Å². The van der Waals surface area contributed by atoms with E-state index in [4.69, 9.17) is 4.74 Å². The first-order valence-corrected chi connectivity index (χ1v) is 10.9. The van der Waals surface area contributed by atoms with Gasteiger partial charge in [0.1, 0.15) is 17.6 Å². The summed E-state index contributed by atoms with van der Waals surface area (Å²) in [5.41, 5.74) is 0.738. The predicted molar refractivity (Wildman–Crippen MR) is 122 cm³/mol. The van der Waals surface area contributed by atoms with Gasteiger partial charge in [0.05, 0.1) is 24.3 Å². The third-order valence-corrected chi connectivity index (χ3v) is 5.28. The molecule has 1 unspecified atom stereocenters. The van der Waals surface area contributed by atoms with Crippen molar-refractivity contribution in [3.05, 3.63) is 76.4 Å². The Morgan fingerprint density at radius 2 is 1.89 bits per heavy atom. The normalized spacial score (nSPS) is 11.9. The highest BCUT2D eigenvalue weighted by Crippen LogP contribution is 2.33. The van der Waals surface area contributed by atoms with Crippen LogP contribution in [0, 0.1) is 11.3 Å². The van der Waals surface area contributed by atoms with E-state index in [1.165, 1.54) is 7.11 Å². The Labute approximate surface area is 204 Å². The molecule has 0 spiro atoms. The second kappa shape index (κ2) is 11.4. The van der Waals surface area contributed by atoms with Gasteiger partial charge in [-0.3, -0.25) is 14.7 Å². The van der Waals surface area contributed by atoms with Gasteiger partial charge in [-0.05, 0) is 35.7 Å². The van der Waals surface area contributed by atoms with E-state index in [0.29, 0.717) is 11.4 Å². The van der Waals surface area contributed by atoms with Gasteiger partial charge >= 0.3 is 6.18 Å². The summed E-state index contributed by atoms with van der Waals surface area (Å²) in [4.78, 5) is 29.0. The number of carbonyl (C=O) groups excluding carboxylic acids is 2. The molecule has 2 aromatic carbocycles. The Hall–Kier alpha value is -4.40. The molecule has 36 heavy (non-hydrogen) atoms. The number of amides is 2. The van der Waals surface area contributed by atoms with Gasteiger partial charge in [0.25, 0.3) is 11.8 Å². The molecule has 3 rings (SSSR count). The number of alkyl halides is 3. The largest absolute Gasteiger partial charge is 0.496 e. The van der Waals surface area contributed by atoms with Crippen LogP contribution in [0.15, 0.2) is 42.5 Å². The molecule has 1 aromatic heterocycles. The fraction of sp³-hybridized carbons (Fsp3) is 0.292. The number of nitriles is 1. The Balaban J connectivity index is 1.56. The number of aromatic nitrogens is 3. The summed E-state index contributed by atoms with van der Waals surface area (Å²) < 4.78 is 43.5. The molecule has 188 valence electrons. The zero-order valence-corrected chi connectivity index (χ0v) is 19.4. The molecule has 0 saturated carbocycles. The van der Waals surface area contributed by atoms with Crippen molar-refractivity contribution in [2.45, 2.75) is 32.0 Å². The number of rotatable bonds is 9. The number of nitrogens with zero attached hydrogens (tertiary/aromatic N) is 3. The van der Waals surface area contributed by atoms with Crippen LogP contribution in [0.2, 0.25) is 0 Å². The Bertz CT molecular complexity index is 1270. The lowest BCUT2D eigenvalue weighted by molar-refractivity contribution is -0.137. The summed E-state index contributed by atoms with van der Waals surface area (Å²) in [6, 6.07) is 11.0. The van der Waals surface area contributed by atoms with Crippen LogP contribution in [0.25, 0.3) is 0 Å². The Morgan fingerprint density at radius 3 is 2.50 bits per heavy atom. The molecule has 0 saturated heterocycles. The van der Waals surface area contributed by atoms with Crippen LogP contribution < -0.4 is 15.4 Å². The van der Waals surface area contributed by atoms with E-state index in [2.05, 4.69) is 25.8 Å². The number of benzene rings is 2. The number of aryl methyl sites for hydroxylation is 1. The van der Waals surface area contributed by atoms with Gasteiger partial charge in [-0.25, -0.2) is 4.98 Å². The summed E-state index contributed by atoms with van der Waals surface area (Å²) in [6.07, 6.45) is -3.55. The number of hydrogen-bond acceptors (Lipinski definition) is 6. The molecule has 0 bridgehead atoms. The van der Waals surface area contributed by atoms with Crippen LogP contribution in [-0.2, 0) is 19.0 Å². The quantitative estimate of drug-likeness (QED) is 0.413. The smallest absolute Gasteiger partial charge is 0.416 e. The summed E-state index contributed by atoms with van der Waals surface area (Å²) in [5, 5.41) is 21.0. The van der Waals surface area contributed by atoms with Gasteiger partial charge in [-0.15, -0.1) is 5.10 Å². The molecule has 12 heteroatoms. The second-order valence-corrected chi connectivity index (χ2v) is 7.66.